The molecule has 3 N–H and O–H groups in total. The Morgan fingerprint density at radius 2 is 1.94 bits per heavy atom. The highest BCUT2D eigenvalue weighted by molar-refractivity contribution is 6.33. The van der Waals surface area contributed by atoms with Crippen molar-refractivity contribution in [1.29, 1.82) is 0 Å². The van der Waals surface area contributed by atoms with Gasteiger partial charge in [0.25, 0.3) is 0 Å². The Kier molecular flexibility index (Phi) is 4.49. The molecule has 1 heterocycles. The number of nitrogens with two attached hydrogens (primary N) is 1. The molecule has 2 rings (SSSR count). The Morgan fingerprint density at radius 3 is 2.61 bits per heavy atom. The number of aromatic nitrogens is 2. The van der Waals surface area contributed by atoms with E-state index in [-0.39, 0.29) is 6.04 Å². The number of hydrogen-bond donors (Lipinski definition) is 2. The first kappa shape index (κ1) is 13.2. The van der Waals surface area contributed by atoms with Crippen molar-refractivity contribution in [3.05, 3.63) is 58.1 Å². The molecule has 0 radical (unpaired) electrons. The maximum Gasteiger partial charge on any atom is 0.146 e. The van der Waals surface area contributed by atoms with Crippen LogP contribution in [0.25, 0.3) is 0 Å². The summed E-state index contributed by atoms with van der Waals surface area (Å²) in [6, 6.07) is 6.87. The molecule has 4 nitrogen and oxygen atoms in total. The Bertz CT molecular complexity index is 519. The van der Waals surface area contributed by atoms with Crippen molar-refractivity contribution < 1.29 is 0 Å². The summed E-state index contributed by atoms with van der Waals surface area (Å²) < 4.78 is 0. The molecule has 6 heteroatoms. The average molecular weight is 283 g/mol. The zero-order chi connectivity index (χ0) is 13.0. The zero-order valence-electron chi connectivity index (χ0n) is 9.48. The molecule has 18 heavy (non-hydrogen) atoms. The Labute approximate surface area is 115 Å². The van der Waals surface area contributed by atoms with Crippen molar-refractivity contribution in [2.24, 2.45) is 5.84 Å². The van der Waals surface area contributed by atoms with Gasteiger partial charge in [0.2, 0.25) is 0 Å². The lowest BCUT2D eigenvalue weighted by atomic mass is 10.1. The largest absolute Gasteiger partial charge is 0.271 e. The molecular weight excluding hydrogens is 271 g/mol. The molecular formula is C12H12Cl2N4. The first-order valence-corrected chi connectivity index (χ1v) is 6.13. The standard InChI is InChI=1S/C12H12Cl2N4/c13-9-2-3-10(14)8(6-9)7-11(18-15)12-16-4-1-5-17-12/h1-6,11,18H,7,15H2. The summed E-state index contributed by atoms with van der Waals surface area (Å²) >= 11 is 12.1. The molecule has 0 saturated carbocycles. The van der Waals surface area contributed by atoms with Crippen LogP contribution in [0, 0.1) is 0 Å². The van der Waals surface area contributed by atoms with Crippen molar-refractivity contribution in [3.8, 4) is 0 Å². The normalized spacial score (nSPS) is 12.4. The minimum absolute atomic E-state index is 0.206. The molecule has 2 aromatic rings. The SMILES string of the molecule is NNC(Cc1cc(Cl)ccc1Cl)c1ncccn1. The first-order valence-electron chi connectivity index (χ1n) is 5.37. The fourth-order valence-corrected chi connectivity index (χ4v) is 2.02. The summed E-state index contributed by atoms with van der Waals surface area (Å²) in [6.45, 7) is 0. The molecule has 0 fully saturated rings. The maximum absolute atomic E-state index is 6.12. The van der Waals surface area contributed by atoms with Gasteiger partial charge in [0.15, 0.2) is 0 Å². The van der Waals surface area contributed by atoms with Gasteiger partial charge in [-0.05, 0) is 36.2 Å². The van der Waals surface area contributed by atoms with E-state index in [2.05, 4.69) is 15.4 Å². The van der Waals surface area contributed by atoms with Gasteiger partial charge in [-0.3, -0.25) is 5.84 Å². The van der Waals surface area contributed by atoms with E-state index in [1.165, 1.54) is 0 Å². The summed E-state index contributed by atoms with van der Waals surface area (Å²) in [5.41, 5.74) is 3.59. The van der Waals surface area contributed by atoms with Crippen LogP contribution in [0.1, 0.15) is 17.4 Å². The third-order valence-corrected chi connectivity index (χ3v) is 3.13. The van der Waals surface area contributed by atoms with Crippen LogP contribution >= 0.6 is 23.2 Å². The first-order chi connectivity index (χ1) is 8.70. The lowest BCUT2D eigenvalue weighted by molar-refractivity contribution is 0.522. The van der Waals surface area contributed by atoms with Crippen LogP contribution in [-0.4, -0.2) is 9.97 Å². The van der Waals surface area contributed by atoms with E-state index in [1.807, 2.05) is 6.07 Å². The lowest BCUT2D eigenvalue weighted by Crippen LogP contribution is -2.31. The second kappa shape index (κ2) is 6.11. The molecule has 0 aliphatic carbocycles. The predicted molar refractivity (Wildman–Crippen MR) is 72.3 cm³/mol. The maximum atomic E-state index is 6.12. The molecule has 0 amide bonds. The average Bonchev–Trinajstić information content (AvgIpc) is 2.41. The molecule has 1 aromatic heterocycles. The van der Waals surface area contributed by atoms with Crippen LogP contribution in [-0.2, 0) is 6.42 Å². The monoisotopic (exact) mass is 282 g/mol. The summed E-state index contributed by atoms with van der Waals surface area (Å²) in [5, 5.41) is 1.29. The van der Waals surface area contributed by atoms with Crippen molar-refractivity contribution in [2.45, 2.75) is 12.5 Å². The van der Waals surface area contributed by atoms with E-state index >= 15 is 0 Å². The summed E-state index contributed by atoms with van der Waals surface area (Å²) in [5.74, 6) is 6.16. The van der Waals surface area contributed by atoms with E-state index < -0.39 is 0 Å². The number of nitrogens with one attached hydrogen (secondary N) is 1. The Morgan fingerprint density at radius 1 is 1.22 bits per heavy atom. The number of benzene rings is 1. The van der Waals surface area contributed by atoms with Crippen LogP contribution in [0.2, 0.25) is 10.0 Å². The molecule has 0 bridgehead atoms. The quantitative estimate of drug-likeness (QED) is 0.668. The van der Waals surface area contributed by atoms with E-state index in [4.69, 9.17) is 29.0 Å². The number of nitrogens with zero attached hydrogens (tertiary/aromatic N) is 2. The second-order valence-corrected chi connectivity index (χ2v) is 4.61. The molecule has 0 aliphatic heterocycles. The second-order valence-electron chi connectivity index (χ2n) is 3.77. The fourth-order valence-electron chi connectivity index (χ4n) is 1.63. The van der Waals surface area contributed by atoms with Crippen LogP contribution in [0.4, 0.5) is 0 Å². The topological polar surface area (TPSA) is 63.8 Å². The van der Waals surface area contributed by atoms with Gasteiger partial charge in [-0.2, -0.15) is 0 Å². The smallest absolute Gasteiger partial charge is 0.146 e. The highest BCUT2D eigenvalue weighted by Gasteiger charge is 2.15. The van der Waals surface area contributed by atoms with Crippen LogP contribution in [0.15, 0.2) is 36.7 Å². The van der Waals surface area contributed by atoms with Crippen molar-refractivity contribution in [3.63, 3.8) is 0 Å². The van der Waals surface area contributed by atoms with Gasteiger partial charge in [0.05, 0.1) is 6.04 Å². The summed E-state index contributed by atoms with van der Waals surface area (Å²) in [7, 11) is 0. The molecule has 1 aromatic carbocycles. The Balaban J connectivity index is 2.23. The number of hydrazine groups is 1. The molecule has 0 saturated heterocycles. The lowest BCUT2D eigenvalue weighted by Gasteiger charge is -2.15. The minimum atomic E-state index is -0.206. The number of rotatable bonds is 4. The van der Waals surface area contributed by atoms with Crippen LogP contribution in [0.3, 0.4) is 0 Å². The Hall–Kier alpha value is -1.20. The van der Waals surface area contributed by atoms with Crippen molar-refractivity contribution in [1.82, 2.24) is 15.4 Å². The molecule has 0 spiro atoms. The van der Waals surface area contributed by atoms with Gasteiger partial charge in [0.1, 0.15) is 5.82 Å². The number of halogens is 2. The van der Waals surface area contributed by atoms with Gasteiger partial charge in [0, 0.05) is 22.4 Å². The predicted octanol–water partition coefficient (Wildman–Crippen LogP) is 2.53. The van der Waals surface area contributed by atoms with Crippen molar-refractivity contribution in [2.75, 3.05) is 0 Å². The van der Waals surface area contributed by atoms with Crippen molar-refractivity contribution >= 4 is 23.2 Å². The molecule has 1 atom stereocenters. The van der Waals surface area contributed by atoms with Gasteiger partial charge in [-0.25, -0.2) is 15.4 Å². The molecule has 0 aliphatic rings. The van der Waals surface area contributed by atoms with Gasteiger partial charge in [-0.1, -0.05) is 23.2 Å². The fraction of sp³-hybridized carbons (Fsp3) is 0.167. The van der Waals surface area contributed by atoms with Crippen LogP contribution < -0.4 is 11.3 Å². The van der Waals surface area contributed by atoms with E-state index in [0.717, 1.165) is 5.56 Å². The molecule has 1 unspecified atom stereocenters. The third kappa shape index (κ3) is 3.17. The molecule has 94 valence electrons. The summed E-state index contributed by atoms with van der Waals surface area (Å²) in [4.78, 5) is 8.34. The van der Waals surface area contributed by atoms with E-state index in [9.17, 15) is 0 Å². The minimum Gasteiger partial charge on any atom is -0.271 e. The number of hydrogen-bond acceptors (Lipinski definition) is 4. The van der Waals surface area contributed by atoms with Gasteiger partial charge in [-0.15, -0.1) is 0 Å². The highest BCUT2D eigenvalue weighted by Crippen LogP contribution is 2.24. The third-order valence-electron chi connectivity index (χ3n) is 2.53. The zero-order valence-corrected chi connectivity index (χ0v) is 11.0. The highest BCUT2D eigenvalue weighted by atomic mass is 35.5. The van der Waals surface area contributed by atoms with Gasteiger partial charge < -0.3 is 0 Å². The van der Waals surface area contributed by atoms with Crippen LogP contribution in [0.5, 0.6) is 0 Å². The van der Waals surface area contributed by atoms with E-state index in [0.29, 0.717) is 22.3 Å². The van der Waals surface area contributed by atoms with E-state index in [1.54, 1.807) is 30.6 Å². The van der Waals surface area contributed by atoms with Gasteiger partial charge >= 0.3 is 0 Å². The summed E-state index contributed by atoms with van der Waals surface area (Å²) in [6.07, 6.45) is 3.92.